The van der Waals surface area contributed by atoms with Gasteiger partial charge in [-0.1, -0.05) is 118 Å². The Labute approximate surface area is 235 Å². The van der Waals surface area contributed by atoms with E-state index >= 15 is 0 Å². The van der Waals surface area contributed by atoms with Crippen LogP contribution in [0.15, 0.2) is 109 Å². The summed E-state index contributed by atoms with van der Waals surface area (Å²) in [6, 6.07) is 33.6. The molecule has 4 aromatic rings. The van der Waals surface area contributed by atoms with Crippen LogP contribution in [0.2, 0.25) is 0 Å². The highest BCUT2D eigenvalue weighted by Gasteiger charge is 2.21. The average molecular weight is 537 g/mol. The van der Waals surface area contributed by atoms with Crippen LogP contribution < -0.4 is 0 Å². The summed E-state index contributed by atoms with van der Waals surface area (Å²) >= 11 is 0. The third-order valence-corrected chi connectivity index (χ3v) is 6.26. The van der Waals surface area contributed by atoms with Gasteiger partial charge in [0.25, 0.3) is 0 Å². The topological polar surface area (TPSA) is 71.1 Å². The van der Waals surface area contributed by atoms with Gasteiger partial charge in [0, 0.05) is 6.42 Å². The smallest absolute Gasteiger partial charge is 0.289 e. The van der Waals surface area contributed by atoms with Gasteiger partial charge in [0.15, 0.2) is 0 Å². The first-order chi connectivity index (χ1) is 19.6. The van der Waals surface area contributed by atoms with Crippen molar-refractivity contribution in [3.63, 3.8) is 0 Å². The molecule has 6 nitrogen and oxygen atoms in total. The van der Waals surface area contributed by atoms with Crippen LogP contribution in [0.1, 0.15) is 59.2 Å². The minimum absolute atomic E-state index is 0.113. The highest BCUT2D eigenvalue weighted by molar-refractivity contribution is 5.90. The zero-order chi connectivity index (χ0) is 28.0. The largest absolute Gasteiger partial charge is 0.373 e. The minimum Gasteiger partial charge on any atom is -0.289 e. The molecule has 0 aliphatic heterocycles. The van der Waals surface area contributed by atoms with Crippen molar-refractivity contribution in [1.82, 2.24) is 0 Å². The van der Waals surface area contributed by atoms with E-state index in [-0.39, 0.29) is 12.7 Å². The molecule has 0 bridgehead atoms. The van der Waals surface area contributed by atoms with E-state index in [1.54, 1.807) is 24.3 Å². The Morgan fingerprint density at radius 3 is 1.30 bits per heavy atom. The Morgan fingerprint density at radius 2 is 0.875 bits per heavy atom. The van der Waals surface area contributed by atoms with Gasteiger partial charge >= 0.3 is 18.2 Å². The number of hydrogen-bond donors (Lipinski definition) is 0. The molecule has 0 saturated carbocycles. The summed E-state index contributed by atoms with van der Waals surface area (Å²) in [5, 5.41) is 0. The molecular weight excluding hydrogens is 504 g/mol. The Morgan fingerprint density at radius 1 is 0.475 bits per heavy atom. The SMILES string of the molecule is [CH2]CCCCCC[C](OOC(=O)c1ccc(-c2ccccc2)cc1)OOC(=O)c1ccc(-c2ccccc2)cc1. The lowest BCUT2D eigenvalue weighted by atomic mass is 10.0. The van der Waals surface area contributed by atoms with Crippen molar-refractivity contribution in [2.45, 2.75) is 38.5 Å². The monoisotopic (exact) mass is 536 g/mol. The van der Waals surface area contributed by atoms with Crippen molar-refractivity contribution in [2.24, 2.45) is 0 Å². The molecule has 204 valence electrons. The molecule has 2 radical (unpaired) electrons. The van der Waals surface area contributed by atoms with Gasteiger partial charge in [-0.2, -0.15) is 0 Å². The van der Waals surface area contributed by atoms with Crippen LogP contribution in [0.5, 0.6) is 0 Å². The maximum Gasteiger partial charge on any atom is 0.373 e. The normalized spacial score (nSPS) is 10.8. The number of hydrogen-bond acceptors (Lipinski definition) is 6. The van der Waals surface area contributed by atoms with Gasteiger partial charge in [-0.25, -0.2) is 9.59 Å². The Hall–Kier alpha value is -4.26. The van der Waals surface area contributed by atoms with Crippen molar-refractivity contribution in [3.8, 4) is 22.3 Å². The lowest BCUT2D eigenvalue weighted by Gasteiger charge is -2.14. The van der Waals surface area contributed by atoms with E-state index in [1.807, 2.05) is 84.9 Å². The fourth-order valence-electron chi connectivity index (χ4n) is 4.02. The lowest BCUT2D eigenvalue weighted by molar-refractivity contribution is -0.363. The number of rotatable bonds is 14. The summed E-state index contributed by atoms with van der Waals surface area (Å²) in [7, 11) is 0. The molecule has 6 heteroatoms. The maximum atomic E-state index is 12.6. The number of unbranched alkanes of at least 4 members (excludes halogenated alkanes) is 4. The minimum atomic E-state index is -0.694. The van der Waals surface area contributed by atoms with Gasteiger partial charge in [-0.15, -0.1) is 9.78 Å². The van der Waals surface area contributed by atoms with Crippen LogP contribution in [0.25, 0.3) is 22.3 Å². The van der Waals surface area contributed by atoms with E-state index in [1.165, 1.54) is 0 Å². The van der Waals surface area contributed by atoms with Crippen LogP contribution in [0, 0.1) is 13.2 Å². The fourth-order valence-corrected chi connectivity index (χ4v) is 4.02. The summed E-state index contributed by atoms with van der Waals surface area (Å²) in [5.41, 5.74) is 4.64. The van der Waals surface area contributed by atoms with Gasteiger partial charge in [0.1, 0.15) is 0 Å². The predicted octanol–water partition coefficient (Wildman–Crippen LogP) is 8.56. The van der Waals surface area contributed by atoms with Crippen LogP contribution in [0.4, 0.5) is 0 Å². The van der Waals surface area contributed by atoms with Crippen molar-refractivity contribution < 1.29 is 29.1 Å². The zero-order valence-electron chi connectivity index (χ0n) is 22.3. The predicted molar refractivity (Wildman–Crippen MR) is 153 cm³/mol. The molecule has 40 heavy (non-hydrogen) atoms. The van der Waals surface area contributed by atoms with Crippen LogP contribution >= 0.6 is 0 Å². The second kappa shape index (κ2) is 15.4. The van der Waals surface area contributed by atoms with Gasteiger partial charge in [0.05, 0.1) is 11.1 Å². The molecule has 0 aliphatic carbocycles. The lowest BCUT2D eigenvalue weighted by Crippen LogP contribution is -2.16. The third-order valence-electron chi connectivity index (χ3n) is 6.26. The molecule has 0 heterocycles. The van der Waals surface area contributed by atoms with Gasteiger partial charge in [0.2, 0.25) is 0 Å². The third kappa shape index (κ3) is 8.63. The van der Waals surface area contributed by atoms with Crippen molar-refractivity contribution in [2.75, 3.05) is 0 Å². The summed E-state index contributed by atoms with van der Waals surface area (Å²) in [4.78, 5) is 45.6. The second-order valence-electron chi connectivity index (χ2n) is 9.18. The van der Waals surface area contributed by atoms with E-state index in [4.69, 9.17) is 19.6 Å². The van der Waals surface area contributed by atoms with E-state index in [9.17, 15) is 9.59 Å². The van der Waals surface area contributed by atoms with Crippen LogP contribution in [-0.4, -0.2) is 11.9 Å². The molecule has 0 atom stereocenters. The van der Waals surface area contributed by atoms with Gasteiger partial charge in [-0.05, 0) is 52.9 Å². The first kappa shape index (κ1) is 28.7. The Kier molecular flexibility index (Phi) is 11.0. The van der Waals surface area contributed by atoms with Crippen molar-refractivity contribution in [3.05, 3.63) is 134 Å². The number of carbonyl (C=O) groups excluding carboxylic acids is 2. The molecule has 4 rings (SSSR count). The molecule has 0 unspecified atom stereocenters. The van der Waals surface area contributed by atoms with Crippen LogP contribution in [0.3, 0.4) is 0 Å². The van der Waals surface area contributed by atoms with E-state index in [0.29, 0.717) is 17.5 Å². The maximum absolute atomic E-state index is 12.6. The summed E-state index contributed by atoms with van der Waals surface area (Å²) in [5.74, 6) is -1.39. The standard InChI is InChI=1S/C34H32O6/c1-2-3-4-5-12-17-32(37-39-33(35)30-22-18-28(19-23-30)26-13-8-6-9-14-26)38-40-34(36)31-24-20-29(21-25-31)27-15-10-7-11-16-27/h6-11,13-16,18-25H,1-5,12,17H2. The molecule has 0 saturated heterocycles. The quantitative estimate of drug-likeness (QED) is 0.0913. The van der Waals surface area contributed by atoms with Crippen molar-refractivity contribution in [1.29, 1.82) is 0 Å². The Balaban J connectivity index is 1.32. The van der Waals surface area contributed by atoms with E-state index in [2.05, 4.69) is 6.92 Å². The molecule has 0 N–H and O–H groups in total. The highest BCUT2D eigenvalue weighted by Crippen LogP contribution is 2.23. The van der Waals surface area contributed by atoms with E-state index < -0.39 is 11.9 Å². The fraction of sp³-hybridized carbons (Fsp3) is 0.176. The first-order valence-corrected chi connectivity index (χ1v) is 13.4. The first-order valence-electron chi connectivity index (χ1n) is 13.4. The van der Waals surface area contributed by atoms with E-state index in [0.717, 1.165) is 47.9 Å². The number of benzene rings is 4. The molecule has 0 aliphatic rings. The Bertz CT molecular complexity index is 1220. The average Bonchev–Trinajstić information content (AvgIpc) is 3.02. The molecule has 0 amide bonds. The number of carbonyl (C=O) groups is 2. The summed E-state index contributed by atoms with van der Waals surface area (Å²) < 4.78 is 0. The summed E-state index contributed by atoms with van der Waals surface area (Å²) in [6.45, 7) is 3.85. The highest BCUT2D eigenvalue weighted by atomic mass is 17.3. The van der Waals surface area contributed by atoms with Gasteiger partial charge in [-0.3, -0.25) is 9.78 Å². The molecule has 0 spiro atoms. The zero-order valence-corrected chi connectivity index (χ0v) is 22.3. The second-order valence-corrected chi connectivity index (χ2v) is 9.18. The molecule has 4 aromatic carbocycles. The molecule has 0 fully saturated rings. The van der Waals surface area contributed by atoms with Gasteiger partial charge < -0.3 is 0 Å². The van der Waals surface area contributed by atoms with Crippen molar-refractivity contribution >= 4 is 11.9 Å². The van der Waals surface area contributed by atoms with Crippen LogP contribution in [-0.2, 0) is 19.6 Å². The molecular formula is C34H32O6. The summed E-state index contributed by atoms with van der Waals surface area (Å²) in [6.07, 6.45) is 4.65. The molecule has 0 aromatic heterocycles.